The Hall–Kier alpha value is -1.44. The topological polar surface area (TPSA) is 72.9 Å². The molecule has 6 nitrogen and oxygen atoms in total. The van der Waals surface area contributed by atoms with Gasteiger partial charge in [0.1, 0.15) is 0 Å². The molecule has 1 saturated heterocycles. The monoisotopic (exact) mass is 353 g/mol. The number of amides is 1. The Morgan fingerprint density at radius 2 is 2.12 bits per heavy atom. The average Bonchev–Trinajstić information content (AvgIpc) is 2.96. The van der Waals surface area contributed by atoms with Crippen LogP contribution < -0.4 is 5.32 Å². The van der Waals surface area contributed by atoms with Crippen molar-refractivity contribution in [1.29, 1.82) is 0 Å². The van der Waals surface area contributed by atoms with Crippen LogP contribution >= 0.6 is 11.3 Å². The van der Waals surface area contributed by atoms with E-state index in [1.165, 1.54) is 10.4 Å². The number of likely N-dealkylation sites (tertiary alicyclic amines) is 1. The van der Waals surface area contributed by atoms with Crippen LogP contribution in [-0.2, 0) is 16.1 Å². The minimum absolute atomic E-state index is 0.0548. The van der Waals surface area contributed by atoms with Crippen LogP contribution in [0.5, 0.6) is 0 Å². The van der Waals surface area contributed by atoms with Gasteiger partial charge >= 0.3 is 5.97 Å². The zero-order valence-electron chi connectivity index (χ0n) is 14.5. The van der Waals surface area contributed by atoms with Crippen LogP contribution in [0.4, 0.5) is 0 Å². The predicted octanol–water partition coefficient (Wildman–Crippen LogP) is 1.54. The number of nitrogens with one attached hydrogen (secondary N) is 1. The van der Waals surface area contributed by atoms with Crippen LogP contribution in [0.15, 0.2) is 11.4 Å². The quantitative estimate of drug-likeness (QED) is 0.742. The van der Waals surface area contributed by atoms with E-state index in [2.05, 4.69) is 23.2 Å². The number of thiophene rings is 1. The van der Waals surface area contributed by atoms with Crippen molar-refractivity contribution in [2.24, 2.45) is 0 Å². The molecule has 2 N–H and O–H groups in total. The molecule has 1 fully saturated rings. The molecule has 7 heteroatoms. The molecule has 0 aromatic carbocycles. The van der Waals surface area contributed by atoms with E-state index in [9.17, 15) is 9.59 Å². The van der Waals surface area contributed by atoms with Crippen LogP contribution in [-0.4, -0.2) is 65.5 Å². The Morgan fingerprint density at radius 3 is 2.67 bits per heavy atom. The number of likely N-dealkylation sites (N-methyl/N-ethyl adjacent to an activating group) is 1. The van der Waals surface area contributed by atoms with E-state index in [0.717, 1.165) is 32.5 Å². The maximum absolute atomic E-state index is 12.1. The second kappa shape index (κ2) is 9.15. The van der Waals surface area contributed by atoms with Gasteiger partial charge in [-0.1, -0.05) is 6.92 Å². The number of hydrogen-bond donors (Lipinski definition) is 2. The van der Waals surface area contributed by atoms with Crippen molar-refractivity contribution in [2.45, 2.75) is 39.3 Å². The van der Waals surface area contributed by atoms with Gasteiger partial charge < -0.3 is 10.4 Å². The summed E-state index contributed by atoms with van der Waals surface area (Å²) in [5.74, 6) is -0.721. The number of rotatable bonds is 8. The molecule has 1 amide bonds. The van der Waals surface area contributed by atoms with Crippen molar-refractivity contribution in [2.75, 3.05) is 32.7 Å². The minimum Gasteiger partial charge on any atom is -0.480 e. The number of carbonyl (C=O) groups is 2. The fourth-order valence-corrected chi connectivity index (χ4v) is 3.98. The molecule has 1 aromatic heterocycles. The molecule has 0 unspecified atom stereocenters. The first kappa shape index (κ1) is 18.9. The summed E-state index contributed by atoms with van der Waals surface area (Å²) >= 11 is 1.67. The Morgan fingerprint density at radius 1 is 1.42 bits per heavy atom. The van der Waals surface area contributed by atoms with E-state index >= 15 is 0 Å². The van der Waals surface area contributed by atoms with Gasteiger partial charge in [0.15, 0.2) is 0 Å². The summed E-state index contributed by atoms with van der Waals surface area (Å²) in [4.78, 5) is 28.4. The highest BCUT2D eigenvalue weighted by atomic mass is 32.1. The van der Waals surface area contributed by atoms with Crippen LogP contribution in [0, 0.1) is 6.92 Å². The number of carboxylic acid groups (broad SMARTS) is 1. The number of piperidine rings is 1. The molecule has 0 saturated carbocycles. The number of carboxylic acids is 1. The molecule has 24 heavy (non-hydrogen) atoms. The van der Waals surface area contributed by atoms with E-state index in [1.54, 1.807) is 11.3 Å². The Bertz CT molecular complexity index is 553. The molecule has 1 aliphatic rings. The predicted molar refractivity (Wildman–Crippen MR) is 95.2 cm³/mol. The summed E-state index contributed by atoms with van der Waals surface area (Å²) in [5.41, 5.74) is 1.22. The van der Waals surface area contributed by atoms with Crippen LogP contribution in [0.3, 0.4) is 0 Å². The summed E-state index contributed by atoms with van der Waals surface area (Å²) < 4.78 is 0. The largest absolute Gasteiger partial charge is 0.480 e. The summed E-state index contributed by atoms with van der Waals surface area (Å²) in [6, 6.07) is 2.37. The smallest absolute Gasteiger partial charge is 0.317 e. The van der Waals surface area contributed by atoms with Gasteiger partial charge in [0, 0.05) is 24.0 Å². The highest BCUT2D eigenvalue weighted by Gasteiger charge is 2.25. The zero-order chi connectivity index (χ0) is 17.5. The molecule has 2 rings (SSSR count). The lowest BCUT2D eigenvalue weighted by atomic mass is 10.0. The Kier molecular flexibility index (Phi) is 7.20. The molecular formula is C17H27N3O3S. The maximum Gasteiger partial charge on any atom is 0.317 e. The van der Waals surface area contributed by atoms with Gasteiger partial charge in [-0.2, -0.15) is 0 Å². The molecule has 0 spiro atoms. The average molecular weight is 353 g/mol. The third-order valence-corrected chi connectivity index (χ3v) is 5.62. The van der Waals surface area contributed by atoms with Crippen molar-refractivity contribution in [3.8, 4) is 0 Å². The second-order valence-electron chi connectivity index (χ2n) is 6.27. The second-order valence-corrected chi connectivity index (χ2v) is 7.27. The van der Waals surface area contributed by atoms with Gasteiger partial charge in [-0.05, 0) is 43.3 Å². The molecule has 1 aromatic rings. The highest BCUT2D eigenvalue weighted by molar-refractivity contribution is 7.10. The number of aryl methyl sites for hydroxylation is 1. The zero-order valence-corrected chi connectivity index (χ0v) is 15.3. The lowest BCUT2D eigenvalue weighted by Crippen LogP contribution is -2.48. The summed E-state index contributed by atoms with van der Waals surface area (Å²) in [7, 11) is 0. The van der Waals surface area contributed by atoms with E-state index in [1.807, 2.05) is 17.2 Å². The van der Waals surface area contributed by atoms with Gasteiger partial charge in [0.2, 0.25) is 5.91 Å². The molecule has 0 aliphatic carbocycles. The van der Waals surface area contributed by atoms with E-state index in [0.29, 0.717) is 19.1 Å². The number of aliphatic carboxylic acids is 1. The van der Waals surface area contributed by atoms with E-state index in [4.69, 9.17) is 5.11 Å². The lowest BCUT2D eigenvalue weighted by molar-refractivity contribution is -0.139. The molecule has 0 atom stereocenters. The molecule has 2 heterocycles. The fraction of sp³-hybridized carbons (Fsp3) is 0.647. The van der Waals surface area contributed by atoms with E-state index < -0.39 is 5.97 Å². The molecule has 1 aliphatic heterocycles. The van der Waals surface area contributed by atoms with Gasteiger partial charge in [-0.25, -0.2) is 0 Å². The number of nitrogens with zero attached hydrogens (tertiary/aromatic N) is 2. The maximum atomic E-state index is 12.1. The van der Waals surface area contributed by atoms with Crippen LogP contribution in [0.2, 0.25) is 0 Å². The van der Waals surface area contributed by atoms with Gasteiger partial charge in [0.05, 0.1) is 19.6 Å². The van der Waals surface area contributed by atoms with Crippen molar-refractivity contribution >= 4 is 23.2 Å². The van der Waals surface area contributed by atoms with Crippen LogP contribution in [0.25, 0.3) is 0 Å². The van der Waals surface area contributed by atoms with Crippen molar-refractivity contribution in [3.05, 3.63) is 21.9 Å². The fourth-order valence-electron chi connectivity index (χ4n) is 3.14. The molecule has 0 radical (unpaired) electrons. The van der Waals surface area contributed by atoms with Crippen molar-refractivity contribution in [3.63, 3.8) is 0 Å². The van der Waals surface area contributed by atoms with Gasteiger partial charge in [0.25, 0.3) is 0 Å². The molecule has 134 valence electrons. The normalized spacial score (nSPS) is 16.5. The summed E-state index contributed by atoms with van der Waals surface area (Å²) in [6.45, 7) is 7.59. The third-order valence-electron chi connectivity index (χ3n) is 4.60. The first-order valence-electron chi connectivity index (χ1n) is 8.47. The summed E-state index contributed by atoms with van der Waals surface area (Å²) in [6.07, 6.45) is 1.83. The molecular weight excluding hydrogens is 326 g/mol. The number of carbonyl (C=O) groups excluding carboxylic acids is 1. The Balaban J connectivity index is 1.71. The van der Waals surface area contributed by atoms with E-state index in [-0.39, 0.29) is 12.5 Å². The van der Waals surface area contributed by atoms with Crippen LogP contribution in [0.1, 0.15) is 30.2 Å². The van der Waals surface area contributed by atoms with Crippen molar-refractivity contribution < 1.29 is 14.7 Å². The lowest BCUT2D eigenvalue weighted by Gasteiger charge is -2.37. The SMILES string of the molecule is CCN(CC(=O)O)C1CCN(CC(=O)NCc2sccc2C)CC1. The minimum atomic E-state index is -0.775. The Labute approximate surface area is 147 Å². The van der Waals surface area contributed by atoms with Gasteiger partial charge in [-0.3, -0.25) is 19.4 Å². The first-order valence-corrected chi connectivity index (χ1v) is 9.35. The standard InChI is InChI=1S/C17H27N3O3S/c1-3-20(12-17(22)23)14-4-7-19(8-5-14)11-16(21)18-10-15-13(2)6-9-24-15/h6,9,14H,3-5,7-8,10-12H2,1-2H3,(H,18,21)(H,22,23). The third kappa shape index (κ3) is 5.58. The first-order chi connectivity index (χ1) is 11.5. The van der Waals surface area contributed by atoms with Crippen molar-refractivity contribution in [1.82, 2.24) is 15.1 Å². The molecule has 0 bridgehead atoms. The summed E-state index contributed by atoms with van der Waals surface area (Å²) in [5, 5.41) is 14.0. The van der Waals surface area contributed by atoms with Gasteiger partial charge in [-0.15, -0.1) is 11.3 Å². The highest BCUT2D eigenvalue weighted by Crippen LogP contribution is 2.17. The number of hydrogen-bond acceptors (Lipinski definition) is 5.